The molecule has 0 unspecified atom stereocenters. The van der Waals surface area contributed by atoms with Crippen LogP contribution in [0.3, 0.4) is 0 Å². The van der Waals surface area contributed by atoms with Crippen LogP contribution in [-0.4, -0.2) is 36.6 Å². The summed E-state index contributed by atoms with van der Waals surface area (Å²) in [7, 11) is 0. The van der Waals surface area contributed by atoms with Gasteiger partial charge in [0.25, 0.3) is 5.91 Å². The number of nitrogens with one attached hydrogen (secondary N) is 1. The number of carbonyl (C=O) groups excluding carboxylic acids is 1. The normalized spacial score (nSPS) is 27.2. The van der Waals surface area contributed by atoms with Gasteiger partial charge in [-0.1, -0.05) is 0 Å². The van der Waals surface area contributed by atoms with Gasteiger partial charge in [-0.3, -0.25) is 4.79 Å². The fraction of sp³-hybridized carbons (Fsp3) is 0.500. The fourth-order valence-corrected chi connectivity index (χ4v) is 2.93. The summed E-state index contributed by atoms with van der Waals surface area (Å²) in [5, 5.41) is 3.39. The van der Waals surface area contributed by atoms with Crippen molar-refractivity contribution in [2.45, 2.75) is 12.5 Å². The van der Waals surface area contributed by atoms with Crippen molar-refractivity contribution >= 4 is 11.7 Å². The number of anilines is 1. The zero-order valence-corrected chi connectivity index (χ0v) is 9.60. The van der Waals surface area contributed by atoms with Gasteiger partial charge in [0.15, 0.2) is 0 Å². The highest BCUT2D eigenvalue weighted by Gasteiger charge is 2.39. The minimum absolute atomic E-state index is 0.400. The number of hydrogen-bond acceptors (Lipinski definition) is 4. The predicted octanol–water partition coefficient (Wildman–Crippen LogP) is -0.0214. The fourth-order valence-electron chi connectivity index (χ4n) is 2.93. The van der Waals surface area contributed by atoms with Crippen molar-refractivity contribution in [3.8, 4) is 0 Å². The highest BCUT2D eigenvalue weighted by atomic mass is 16.1. The van der Waals surface area contributed by atoms with Crippen LogP contribution in [0.2, 0.25) is 0 Å². The summed E-state index contributed by atoms with van der Waals surface area (Å²) in [6.07, 6.45) is 2.88. The maximum atomic E-state index is 11.4. The summed E-state index contributed by atoms with van der Waals surface area (Å²) < 4.78 is 0. The number of hydrogen-bond donors (Lipinski definition) is 2. The summed E-state index contributed by atoms with van der Waals surface area (Å²) in [6.45, 7) is 3.01. The zero-order valence-electron chi connectivity index (χ0n) is 9.60. The monoisotopic (exact) mass is 232 g/mol. The smallest absolute Gasteiger partial charge is 0.252 e. The molecule has 90 valence electrons. The van der Waals surface area contributed by atoms with Gasteiger partial charge in [0.2, 0.25) is 0 Å². The predicted molar refractivity (Wildman–Crippen MR) is 64.9 cm³/mol. The topological polar surface area (TPSA) is 71.2 Å². The molecule has 2 saturated heterocycles. The van der Waals surface area contributed by atoms with Gasteiger partial charge in [0.05, 0.1) is 5.56 Å². The first-order chi connectivity index (χ1) is 8.27. The number of carbonyl (C=O) groups is 1. The largest absolute Gasteiger partial charge is 0.365 e. The molecule has 5 nitrogen and oxygen atoms in total. The van der Waals surface area contributed by atoms with E-state index in [9.17, 15) is 4.79 Å². The molecule has 1 aromatic heterocycles. The van der Waals surface area contributed by atoms with Crippen molar-refractivity contribution in [3.63, 3.8) is 0 Å². The molecule has 5 heteroatoms. The van der Waals surface area contributed by atoms with Crippen molar-refractivity contribution in [2.75, 3.05) is 24.5 Å². The Morgan fingerprint density at radius 1 is 1.53 bits per heavy atom. The molecule has 2 atom stereocenters. The third kappa shape index (κ3) is 1.67. The Bertz CT molecular complexity index is 448. The summed E-state index contributed by atoms with van der Waals surface area (Å²) in [6, 6.07) is 3.97. The van der Waals surface area contributed by atoms with Gasteiger partial charge in [0.1, 0.15) is 5.82 Å². The van der Waals surface area contributed by atoms with Gasteiger partial charge >= 0.3 is 0 Å². The lowest BCUT2D eigenvalue weighted by molar-refractivity contribution is 0.100. The number of fused-ring (bicyclic) bond motifs is 1. The maximum absolute atomic E-state index is 11.4. The van der Waals surface area contributed by atoms with Crippen molar-refractivity contribution in [1.29, 1.82) is 0 Å². The van der Waals surface area contributed by atoms with Gasteiger partial charge in [0, 0.05) is 31.9 Å². The van der Waals surface area contributed by atoms with Gasteiger partial charge in [-0.15, -0.1) is 0 Å². The average Bonchev–Trinajstić information content (AvgIpc) is 2.90. The molecule has 3 rings (SSSR count). The molecule has 2 aliphatic rings. The Labute approximate surface area is 100 Å². The average molecular weight is 232 g/mol. The molecule has 0 bridgehead atoms. The molecule has 3 heterocycles. The van der Waals surface area contributed by atoms with Crippen LogP contribution in [-0.2, 0) is 0 Å². The van der Waals surface area contributed by atoms with Crippen LogP contribution >= 0.6 is 0 Å². The molecule has 0 spiro atoms. The minimum atomic E-state index is -0.400. The quantitative estimate of drug-likeness (QED) is 0.751. The number of pyridine rings is 1. The van der Waals surface area contributed by atoms with Gasteiger partial charge < -0.3 is 16.0 Å². The number of aromatic nitrogens is 1. The van der Waals surface area contributed by atoms with Crippen LogP contribution in [0.4, 0.5) is 5.82 Å². The molecule has 1 amide bonds. The van der Waals surface area contributed by atoms with Crippen molar-refractivity contribution in [1.82, 2.24) is 10.3 Å². The summed E-state index contributed by atoms with van der Waals surface area (Å²) in [5.74, 6) is 1.02. The number of nitrogens with zero attached hydrogens (tertiary/aromatic N) is 2. The lowest BCUT2D eigenvalue weighted by Crippen LogP contribution is -2.36. The number of primary amides is 1. The zero-order chi connectivity index (χ0) is 11.8. The second kappa shape index (κ2) is 4.00. The van der Waals surface area contributed by atoms with Gasteiger partial charge in [-0.25, -0.2) is 4.98 Å². The van der Waals surface area contributed by atoms with E-state index in [-0.39, 0.29) is 0 Å². The Balaban J connectivity index is 1.96. The van der Waals surface area contributed by atoms with Crippen LogP contribution in [0.5, 0.6) is 0 Å². The van der Waals surface area contributed by atoms with Crippen LogP contribution in [0.15, 0.2) is 18.3 Å². The third-order valence-corrected chi connectivity index (χ3v) is 3.77. The molecule has 3 N–H and O–H groups in total. The molecule has 0 aromatic carbocycles. The highest BCUT2D eigenvalue weighted by molar-refractivity contribution is 5.97. The van der Waals surface area contributed by atoms with Crippen LogP contribution < -0.4 is 16.0 Å². The van der Waals surface area contributed by atoms with Gasteiger partial charge in [-0.05, 0) is 24.5 Å². The molecular weight excluding hydrogens is 216 g/mol. The van der Waals surface area contributed by atoms with Crippen LogP contribution in [0.1, 0.15) is 16.8 Å². The SMILES string of the molecule is NC(=O)c1cccnc1N1CC[C@@H]2CNC[C@@H]21. The lowest BCUT2D eigenvalue weighted by atomic mass is 10.1. The minimum Gasteiger partial charge on any atom is -0.365 e. The van der Waals surface area contributed by atoms with Crippen molar-refractivity contribution in [2.24, 2.45) is 11.7 Å². The highest BCUT2D eigenvalue weighted by Crippen LogP contribution is 2.32. The Morgan fingerprint density at radius 2 is 2.41 bits per heavy atom. The first-order valence-corrected chi connectivity index (χ1v) is 5.99. The van der Waals surface area contributed by atoms with E-state index in [1.807, 2.05) is 0 Å². The molecule has 0 radical (unpaired) electrons. The summed E-state index contributed by atoms with van der Waals surface area (Å²) in [5.41, 5.74) is 5.93. The first-order valence-electron chi connectivity index (χ1n) is 5.99. The Morgan fingerprint density at radius 3 is 3.24 bits per heavy atom. The van der Waals surface area contributed by atoms with E-state index < -0.39 is 5.91 Å². The molecular formula is C12H16N4O. The van der Waals surface area contributed by atoms with E-state index in [0.29, 0.717) is 17.5 Å². The molecule has 0 aliphatic carbocycles. The maximum Gasteiger partial charge on any atom is 0.252 e. The standard InChI is InChI=1S/C12H16N4O/c13-11(17)9-2-1-4-15-12(9)16-5-3-8-6-14-7-10(8)16/h1-2,4,8,10,14H,3,5-7H2,(H2,13,17)/t8-,10+/m1/s1. The number of nitrogens with two attached hydrogens (primary N) is 1. The van der Waals surface area contributed by atoms with E-state index in [2.05, 4.69) is 15.2 Å². The van der Waals surface area contributed by atoms with E-state index in [1.54, 1.807) is 18.3 Å². The molecule has 2 fully saturated rings. The molecule has 1 aromatic rings. The van der Waals surface area contributed by atoms with Crippen LogP contribution in [0.25, 0.3) is 0 Å². The first kappa shape index (κ1) is 10.5. The summed E-state index contributed by atoms with van der Waals surface area (Å²) >= 11 is 0. The molecule has 17 heavy (non-hydrogen) atoms. The van der Waals surface area contributed by atoms with E-state index in [1.165, 1.54) is 0 Å². The van der Waals surface area contributed by atoms with E-state index in [0.717, 1.165) is 31.9 Å². The molecule has 0 saturated carbocycles. The third-order valence-electron chi connectivity index (χ3n) is 3.77. The second-order valence-corrected chi connectivity index (χ2v) is 4.71. The van der Waals surface area contributed by atoms with E-state index in [4.69, 9.17) is 5.73 Å². The number of amides is 1. The lowest BCUT2D eigenvalue weighted by Gasteiger charge is -2.25. The van der Waals surface area contributed by atoms with E-state index >= 15 is 0 Å². The van der Waals surface area contributed by atoms with Gasteiger partial charge in [-0.2, -0.15) is 0 Å². The Hall–Kier alpha value is -1.62. The second-order valence-electron chi connectivity index (χ2n) is 4.71. The number of rotatable bonds is 2. The Kier molecular flexibility index (Phi) is 2.48. The summed E-state index contributed by atoms with van der Waals surface area (Å²) in [4.78, 5) is 18.0. The van der Waals surface area contributed by atoms with Crippen molar-refractivity contribution in [3.05, 3.63) is 23.9 Å². The van der Waals surface area contributed by atoms with Crippen LogP contribution in [0, 0.1) is 5.92 Å². The van der Waals surface area contributed by atoms with Crippen molar-refractivity contribution < 1.29 is 4.79 Å². The molecule has 2 aliphatic heterocycles.